The van der Waals surface area contributed by atoms with E-state index in [1.807, 2.05) is 0 Å². The molecule has 1 aliphatic heterocycles. The number of fused-ring (bicyclic) bond motifs is 1. The first-order valence-electron chi connectivity index (χ1n) is 7.01. The zero-order valence-corrected chi connectivity index (χ0v) is 14.0. The second-order valence-corrected chi connectivity index (χ2v) is 9.41. The van der Waals surface area contributed by atoms with Gasteiger partial charge in [0.15, 0.2) is 26.3 Å². The number of hydrogen-bond acceptors (Lipinski definition) is 6. The molecule has 8 heteroatoms. The highest BCUT2D eigenvalue weighted by atomic mass is 32.2. The van der Waals surface area contributed by atoms with Crippen LogP contribution in [0.5, 0.6) is 5.75 Å². The molecule has 2 aromatic rings. The summed E-state index contributed by atoms with van der Waals surface area (Å²) in [5, 5.41) is 7.38. The number of ether oxygens (including phenoxy) is 1. The molecule has 0 saturated carbocycles. The molecule has 0 bridgehead atoms. The summed E-state index contributed by atoms with van der Waals surface area (Å²) in [6.07, 6.45) is 0. The van der Waals surface area contributed by atoms with Crippen molar-refractivity contribution in [1.82, 2.24) is 0 Å². The Morgan fingerprint density at radius 3 is 2.54 bits per heavy atom. The summed E-state index contributed by atoms with van der Waals surface area (Å²) in [4.78, 5) is 0.0327. The maximum atomic E-state index is 12.8. The lowest BCUT2D eigenvalue weighted by molar-refractivity contribution is 0.367. The Morgan fingerprint density at radius 1 is 1.17 bits per heavy atom. The van der Waals surface area contributed by atoms with Crippen LogP contribution in [0.1, 0.15) is 10.8 Å². The molecule has 0 saturated heterocycles. The quantitative estimate of drug-likeness (QED) is 0.822. The highest BCUT2D eigenvalue weighted by Gasteiger charge is 2.43. The number of benzene rings is 2. The summed E-state index contributed by atoms with van der Waals surface area (Å²) in [6, 6.07) is 13.8. The summed E-state index contributed by atoms with van der Waals surface area (Å²) >= 11 is 0. The lowest BCUT2D eigenvalue weighted by Crippen LogP contribution is -2.15. The van der Waals surface area contributed by atoms with Crippen LogP contribution >= 0.6 is 0 Å². The van der Waals surface area contributed by atoms with Gasteiger partial charge in [0.2, 0.25) is 0 Å². The summed E-state index contributed by atoms with van der Waals surface area (Å²) < 4.78 is 55.5. The fourth-order valence-electron chi connectivity index (χ4n) is 2.67. The van der Waals surface area contributed by atoms with E-state index in [-0.39, 0.29) is 27.7 Å². The van der Waals surface area contributed by atoms with Gasteiger partial charge in [-0.3, -0.25) is 0 Å². The fourth-order valence-corrected chi connectivity index (χ4v) is 7.02. The molecule has 1 atom stereocenters. The maximum Gasteiger partial charge on any atom is 0.186 e. The normalized spacial score (nSPS) is 18.5. The van der Waals surface area contributed by atoms with Gasteiger partial charge in [0.05, 0.1) is 15.5 Å². The molecular weight excluding hydrogens is 350 g/mol. The van der Waals surface area contributed by atoms with Gasteiger partial charge in [0.25, 0.3) is 0 Å². The second kappa shape index (κ2) is 5.92. The molecule has 0 aliphatic carbocycles. The van der Waals surface area contributed by atoms with Crippen LogP contribution in [0.2, 0.25) is 0 Å². The topological polar surface area (TPSA) is 101 Å². The van der Waals surface area contributed by atoms with Gasteiger partial charge >= 0.3 is 0 Å². The van der Waals surface area contributed by atoms with Crippen molar-refractivity contribution in [2.24, 2.45) is 0 Å². The van der Waals surface area contributed by atoms with Gasteiger partial charge in [0, 0.05) is 0 Å². The monoisotopic (exact) mass is 363 g/mol. The van der Waals surface area contributed by atoms with Gasteiger partial charge in [0.1, 0.15) is 17.1 Å². The predicted molar refractivity (Wildman–Crippen MR) is 86.0 cm³/mol. The van der Waals surface area contributed by atoms with E-state index in [0.29, 0.717) is 0 Å². The molecule has 2 aromatic carbocycles. The van der Waals surface area contributed by atoms with Crippen LogP contribution < -0.4 is 4.74 Å². The number of rotatable bonds is 4. The molecule has 24 heavy (non-hydrogen) atoms. The molecule has 0 N–H and O–H groups in total. The van der Waals surface area contributed by atoms with Crippen LogP contribution in [0.3, 0.4) is 0 Å². The van der Waals surface area contributed by atoms with Crippen molar-refractivity contribution < 1.29 is 21.6 Å². The summed E-state index contributed by atoms with van der Waals surface area (Å²) in [7, 11) is -7.56. The minimum absolute atomic E-state index is 0.0533. The smallest absolute Gasteiger partial charge is 0.186 e. The van der Waals surface area contributed by atoms with E-state index in [0.717, 1.165) is 0 Å². The van der Waals surface area contributed by atoms with E-state index in [2.05, 4.69) is 0 Å². The molecule has 1 unspecified atom stereocenters. The largest absolute Gasteiger partial charge is 0.479 e. The van der Waals surface area contributed by atoms with Gasteiger partial charge in [-0.2, -0.15) is 5.26 Å². The molecule has 0 radical (unpaired) electrons. The standard InChI is InChI=1S/C16H13NO5S2/c17-8-9-22-12-6-7-14-15(10-12)23(18,19)11-16(14)24(20,21)13-4-2-1-3-5-13/h1-7,10,16H,9,11H2. The van der Waals surface area contributed by atoms with E-state index in [1.54, 1.807) is 24.3 Å². The van der Waals surface area contributed by atoms with Gasteiger partial charge in [-0.15, -0.1) is 0 Å². The summed E-state index contributed by atoms with van der Waals surface area (Å²) in [6.45, 7) is -0.218. The Labute approximate surface area is 140 Å². The lowest BCUT2D eigenvalue weighted by atomic mass is 10.1. The number of nitrogens with zero attached hydrogens (tertiary/aromatic N) is 1. The van der Waals surface area contributed by atoms with E-state index in [4.69, 9.17) is 10.00 Å². The maximum absolute atomic E-state index is 12.8. The third-order valence-electron chi connectivity index (χ3n) is 3.79. The minimum Gasteiger partial charge on any atom is -0.479 e. The van der Waals surface area contributed by atoms with Crippen molar-refractivity contribution >= 4 is 19.7 Å². The van der Waals surface area contributed by atoms with Gasteiger partial charge in [-0.05, 0) is 29.8 Å². The highest BCUT2D eigenvalue weighted by molar-refractivity contribution is 7.96. The Balaban J connectivity index is 2.09. The molecule has 1 aliphatic rings. The lowest BCUT2D eigenvalue weighted by Gasteiger charge is -2.12. The van der Waals surface area contributed by atoms with Crippen molar-refractivity contribution in [3.63, 3.8) is 0 Å². The molecule has 0 aromatic heterocycles. The minimum atomic E-state index is -3.83. The summed E-state index contributed by atoms with van der Waals surface area (Å²) in [5.74, 6) is -0.280. The number of hydrogen-bond donors (Lipinski definition) is 0. The molecule has 0 spiro atoms. The Bertz CT molecular complexity index is 1020. The Morgan fingerprint density at radius 2 is 1.88 bits per heavy atom. The fraction of sp³-hybridized carbons (Fsp3) is 0.188. The van der Waals surface area contributed by atoms with E-state index >= 15 is 0 Å². The van der Waals surface area contributed by atoms with Crippen molar-refractivity contribution in [2.75, 3.05) is 12.4 Å². The van der Waals surface area contributed by atoms with Gasteiger partial charge in [-0.1, -0.05) is 24.3 Å². The van der Waals surface area contributed by atoms with Crippen LogP contribution in [-0.4, -0.2) is 29.2 Å². The Hall–Kier alpha value is -2.37. The Kier molecular flexibility index (Phi) is 4.07. The van der Waals surface area contributed by atoms with Crippen LogP contribution in [0, 0.1) is 11.3 Å². The average Bonchev–Trinajstić information content (AvgIpc) is 2.85. The molecule has 0 amide bonds. The molecule has 3 rings (SSSR count). The zero-order valence-electron chi connectivity index (χ0n) is 12.4. The van der Waals surface area contributed by atoms with E-state index in [1.165, 1.54) is 30.3 Å². The molecule has 0 fully saturated rings. The van der Waals surface area contributed by atoms with Crippen molar-refractivity contribution in [3.8, 4) is 11.8 Å². The number of sulfone groups is 2. The molecular formula is C16H13NO5S2. The third-order valence-corrected chi connectivity index (χ3v) is 7.89. The zero-order chi connectivity index (χ0) is 17.4. The van der Waals surface area contributed by atoms with Gasteiger partial charge < -0.3 is 4.74 Å². The van der Waals surface area contributed by atoms with Crippen LogP contribution in [-0.2, 0) is 19.7 Å². The molecule has 124 valence electrons. The SMILES string of the molecule is N#CCOc1ccc2c(c1)S(=O)(=O)CC2S(=O)(=O)c1ccccc1. The first kappa shape index (κ1) is 16.5. The van der Waals surface area contributed by atoms with E-state index in [9.17, 15) is 16.8 Å². The van der Waals surface area contributed by atoms with Crippen molar-refractivity contribution in [3.05, 3.63) is 54.1 Å². The number of nitriles is 1. The van der Waals surface area contributed by atoms with Crippen LogP contribution in [0.25, 0.3) is 0 Å². The average molecular weight is 363 g/mol. The summed E-state index contributed by atoms with van der Waals surface area (Å²) in [5.41, 5.74) is 0.239. The molecule has 1 heterocycles. The first-order valence-corrected chi connectivity index (χ1v) is 10.2. The van der Waals surface area contributed by atoms with Crippen LogP contribution in [0.15, 0.2) is 58.3 Å². The van der Waals surface area contributed by atoms with E-state index < -0.39 is 30.7 Å². The first-order chi connectivity index (χ1) is 11.4. The molecule has 6 nitrogen and oxygen atoms in total. The van der Waals surface area contributed by atoms with Gasteiger partial charge in [-0.25, -0.2) is 16.8 Å². The predicted octanol–water partition coefficient (Wildman–Crippen LogP) is 1.89. The third kappa shape index (κ3) is 2.77. The van der Waals surface area contributed by atoms with Crippen molar-refractivity contribution in [1.29, 1.82) is 5.26 Å². The van der Waals surface area contributed by atoms with Crippen molar-refractivity contribution in [2.45, 2.75) is 15.0 Å². The highest BCUT2D eigenvalue weighted by Crippen LogP contribution is 2.42. The second-order valence-electron chi connectivity index (χ2n) is 5.27. The van der Waals surface area contributed by atoms with Crippen LogP contribution in [0.4, 0.5) is 0 Å².